The van der Waals surface area contributed by atoms with E-state index in [-0.39, 0.29) is 17.4 Å². The first-order valence-electron chi connectivity index (χ1n) is 9.95. The van der Waals surface area contributed by atoms with Gasteiger partial charge in [-0.3, -0.25) is 25.8 Å². The topological polar surface area (TPSA) is 88.7 Å². The highest BCUT2D eigenvalue weighted by Gasteiger charge is 2.10. The molecule has 0 atom stereocenters. The minimum Gasteiger partial charge on any atom is -0.490 e. The number of hydrogen-bond acceptors (Lipinski definition) is 5. The highest BCUT2D eigenvalue weighted by atomic mass is 32.1. The fraction of sp³-hybridized carbons (Fsp3) is 0.125. The van der Waals surface area contributed by atoms with Gasteiger partial charge in [-0.15, -0.1) is 0 Å². The number of hydrogen-bond donors (Lipinski definition) is 3. The van der Waals surface area contributed by atoms with E-state index in [0.717, 1.165) is 11.3 Å². The van der Waals surface area contributed by atoms with Gasteiger partial charge in [0.25, 0.3) is 5.91 Å². The Morgan fingerprint density at radius 2 is 1.38 bits per heavy atom. The smallest absolute Gasteiger partial charge is 0.257 e. The summed E-state index contributed by atoms with van der Waals surface area (Å²) < 4.78 is 11.2. The molecule has 3 aromatic carbocycles. The number of nitrogens with one attached hydrogen (secondary N) is 3. The number of hydrazine groups is 1. The normalized spacial score (nSPS) is 10.0. The van der Waals surface area contributed by atoms with E-state index in [9.17, 15) is 9.59 Å². The van der Waals surface area contributed by atoms with Crippen LogP contribution < -0.4 is 25.6 Å². The zero-order valence-electron chi connectivity index (χ0n) is 17.2. The summed E-state index contributed by atoms with van der Waals surface area (Å²) in [5.41, 5.74) is 6.23. The molecule has 0 unspecified atom stereocenters. The second kappa shape index (κ2) is 12.1. The molecule has 3 aromatic rings. The summed E-state index contributed by atoms with van der Waals surface area (Å²) in [7, 11) is 0. The number of ether oxygens (including phenoxy) is 2. The third-order valence-electron chi connectivity index (χ3n) is 4.21. The van der Waals surface area contributed by atoms with Crippen LogP contribution in [-0.4, -0.2) is 30.1 Å². The van der Waals surface area contributed by atoms with Crippen LogP contribution in [0.15, 0.2) is 84.9 Å². The largest absolute Gasteiger partial charge is 0.490 e. The predicted molar refractivity (Wildman–Crippen MR) is 125 cm³/mol. The monoisotopic (exact) mass is 449 g/mol. The van der Waals surface area contributed by atoms with Gasteiger partial charge in [-0.05, 0) is 48.1 Å². The van der Waals surface area contributed by atoms with Gasteiger partial charge in [-0.25, -0.2) is 0 Å². The summed E-state index contributed by atoms with van der Waals surface area (Å²) in [5, 5.41) is 2.50. The lowest BCUT2D eigenvalue weighted by molar-refractivity contribution is -0.121. The maximum atomic E-state index is 12.4. The Morgan fingerprint density at radius 1 is 0.750 bits per heavy atom. The van der Waals surface area contributed by atoms with E-state index in [0.29, 0.717) is 24.5 Å². The van der Waals surface area contributed by atoms with Crippen LogP contribution in [-0.2, 0) is 11.2 Å². The summed E-state index contributed by atoms with van der Waals surface area (Å²) in [6.45, 7) is 0.699. The Balaban J connectivity index is 1.40. The number of carbonyl (C=O) groups is 2. The second-order valence-electron chi connectivity index (χ2n) is 6.66. The molecule has 8 heteroatoms. The van der Waals surface area contributed by atoms with Crippen LogP contribution in [0.2, 0.25) is 0 Å². The standard InChI is InChI=1S/C24H23N3O4S/c28-22(16-18-8-3-1-4-9-18)26-27-24(32)25-23(29)19-10-7-13-21(17-19)31-15-14-30-20-11-5-2-6-12-20/h1-13,17H,14-16H2,(H,26,28)(H2,25,27,29,32). The first-order valence-corrected chi connectivity index (χ1v) is 10.4. The molecule has 3 N–H and O–H groups in total. The van der Waals surface area contributed by atoms with E-state index in [1.165, 1.54) is 0 Å². The van der Waals surface area contributed by atoms with Crippen LogP contribution in [0.25, 0.3) is 0 Å². The van der Waals surface area contributed by atoms with E-state index >= 15 is 0 Å². The molecular weight excluding hydrogens is 426 g/mol. The zero-order chi connectivity index (χ0) is 22.6. The minimum absolute atomic E-state index is 0.0148. The lowest BCUT2D eigenvalue weighted by atomic mass is 10.1. The molecule has 0 aliphatic carbocycles. The number of benzene rings is 3. The van der Waals surface area contributed by atoms with Crippen molar-refractivity contribution in [3.8, 4) is 11.5 Å². The molecule has 0 aliphatic heterocycles. The van der Waals surface area contributed by atoms with E-state index in [4.69, 9.17) is 21.7 Å². The van der Waals surface area contributed by atoms with Crippen molar-refractivity contribution in [2.45, 2.75) is 6.42 Å². The van der Waals surface area contributed by atoms with E-state index in [1.54, 1.807) is 24.3 Å². The molecule has 0 radical (unpaired) electrons. The molecule has 2 amide bonds. The van der Waals surface area contributed by atoms with Crippen LogP contribution in [0.5, 0.6) is 11.5 Å². The van der Waals surface area contributed by atoms with Gasteiger partial charge in [0.1, 0.15) is 24.7 Å². The first kappa shape index (κ1) is 22.8. The summed E-state index contributed by atoms with van der Waals surface area (Å²) in [5.74, 6) is 0.595. The van der Waals surface area contributed by atoms with Crippen molar-refractivity contribution in [1.29, 1.82) is 0 Å². The quantitative estimate of drug-likeness (QED) is 0.278. The number of rotatable bonds is 8. The van der Waals surface area contributed by atoms with E-state index in [1.807, 2.05) is 60.7 Å². The van der Waals surface area contributed by atoms with Crippen molar-refractivity contribution < 1.29 is 19.1 Å². The summed E-state index contributed by atoms with van der Waals surface area (Å²) in [6.07, 6.45) is 0.192. The van der Waals surface area contributed by atoms with Crippen LogP contribution >= 0.6 is 12.2 Å². The van der Waals surface area contributed by atoms with Gasteiger partial charge in [-0.1, -0.05) is 54.6 Å². The van der Waals surface area contributed by atoms with Crippen LogP contribution in [0, 0.1) is 0 Å². The summed E-state index contributed by atoms with van der Waals surface area (Å²) in [6, 6.07) is 25.4. The minimum atomic E-state index is -0.425. The van der Waals surface area contributed by atoms with Crippen LogP contribution in [0.1, 0.15) is 15.9 Å². The highest BCUT2D eigenvalue weighted by Crippen LogP contribution is 2.14. The Morgan fingerprint density at radius 3 is 2.09 bits per heavy atom. The molecule has 0 saturated carbocycles. The van der Waals surface area contributed by atoms with Gasteiger partial charge in [0, 0.05) is 5.56 Å². The Kier molecular flexibility index (Phi) is 8.59. The molecule has 0 aromatic heterocycles. The second-order valence-corrected chi connectivity index (χ2v) is 7.06. The van der Waals surface area contributed by atoms with Crippen molar-refractivity contribution in [3.05, 3.63) is 96.1 Å². The number of thiocarbonyl (C=S) groups is 1. The molecule has 0 spiro atoms. The van der Waals surface area contributed by atoms with Crippen molar-refractivity contribution in [3.63, 3.8) is 0 Å². The number of para-hydroxylation sites is 1. The fourth-order valence-electron chi connectivity index (χ4n) is 2.72. The van der Waals surface area contributed by atoms with Gasteiger partial charge < -0.3 is 9.47 Å². The lowest BCUT2D eigenvalue weighted by Crippen LogP contribution is -2.48. The molecule has 0 aliphatic rings. The van der Waals surface area contributed by atoms with Crippen molar-refractivity contribution >= 4 is 29.1 Å². The van der Waals surface area contributed by atoms with Gasteiger partial charge in [0.05, 0.1) is 6.42 Å². The summed E-state index contributed by atoms with van der Waals surface area (Å²) >= 11 is 5.07. The van der Waals surface area contributed by atoms with Crippen molar-refractivity contribution in [1.82, 2.24) is 16.2 Å². The van der Waals surface area contributed by atoms with Gasteiger partial charge >= 0.3 is 0 Å². The molecular formula is C24H23N3O4S. The average molecular weight is 450 g/mol. The number of amides is 2. The molecule has 0 saturated heterocycles. The fourth-order valence-corrected chi connectivity index (χ4v) is 2.87. The highest BCUT2D eigenvalue weighted by molar-refractivity contribution is 7.80. The maximum absolute atomic E-state index is 12.4. The third-order valence-corrected chi connectivity index (χ3v) is 4.41. The molecule has 164 valence electrons. The predicted octanol–water partition coefficient (Wildman–Crippen LogP) is 3.02. The lowest BCUT2D eigenvalue weighted by Gasteiger charge is -2.12. The molecule has 0 heterocycles. The average Bonchev–Trinajstić information content (AvgIpc) is 2.82. The van der Waals surface area contributed by atoms with Gasteiger partial charge in [0.15, 0.2) is 5.11 Å². The van der Waals surface area contributed by atoms with Crippen molar-refractivity contribution in [2.75, 3.05) is 13.2 Å². The third kappa shape index (κ3) is 7.73. The number of carbonyl (C=O) groups excluding carboxylic acids is 2. The molecule has 32 heavy (non-hydrogen) atoms. The molecule has 0 fully saturated rings. The van der Waals surface area contributed by atoms with Crippen LogP contribution in [0.3, 0.4) is 0 Å². The van der Waals surface area contributed by atoms with Crippen molar-refractivity contribution in [2.24, 2.45) is 0 Å². The van der Waals surface area contributed by atoms with E-state index in [2.05, 4.69) is 16.2 Å². The van der Waals surface area contributed by atoms with Crippen LogP contribution in [0.4, 0.5) is 0 Å². The first-order chi connectivity index (χ1) is 15.6. The molecule has 0 bridgehead atoms. The Labute approximate surface area is 191 Å². The maximum Gasteiger partial charge on any atom is 0.257 e. The van der Waals surface area contributed by atoms with E-state index < -0.39 is 5.91 Å². The molecule has 7 nitrogen and oxygen atoms in total. The zero-order valence-corrected chi connectivity index (χ0v) is 18.1. The van der Waals surface area contributed by atoms with Gasteiger partial charge in [-0.2, -0.15) is 0 Å². The Hall–Kier alpha value is -3.91. The molecule has 3 rings (SSSR count). The summed E-state index contributed by atoms with van der Waals surface area (Å²) in [4.78, 5) is 24.4. The van der Waals surface area contributed by atoms with Gasteiger partial charge in [0.2, 0.25) is 5.91 Å². The SMILES string of the molecule is O=C(Cc1ccccc1)NNC(=S)NC(=O)c1cccc(OCCOc2ccccc2)c1. The Bertz CT molecular complexity index is 1050.